The molecule has 1 aliphatic rings. The van der Waals surface area contributed by atoms with Gasteiger partial charge in [-0.1, -0.05) is 0 Å². The Morgan fingerprint density at radius 3 is 3.07 bits per heavy atom. The van der Waals surface area contributed by atoms with Gasteiger partial charge in [-0.2, -0.15) is 5.10 Å². The van der Waals surface area contributed by atoms with Gasteiger partial charge in [-0.25, -0.2) is 0 Å². The zero-order chi connectivity index (χ0) is 10.9. The number of anilines is 1. The van der Waals surface area contributed by atoms with E-state index in [2.05, 4.69) is 15.7 Å². The first kappa shape index (κ1) is 10.2. The van der Waals surface area contributed by atoms with E-state index in [1.807, 2.05) is 20.2 Å². The fraction of sp³-hybridized carbons (Fsp3) is 0.600. The Kier molecular flexibility index (Phi) is 2.48. The molecule has 1 aromatic heterocycles. The molecule has 0 bridgehead atoms. The summed E-state index contributed by atoms with van der Waals surface area (Å²) in [5.74, 6) is 0.668. The van der Waals surface area contributed by atoms with Gasteiger partial charge in [-0.3, -0.25) is 9.48 Å². The summed E-state index contributed by atoms with van der Waals surface area (Å²) in [7, 11) is 1.83. The second-order valence-electron chi connectivity index (χ2n) is 4.32. The van der Waals surface area contributed by atoms with E-state index in [9.17, 15) is 4.79 Å². The van der Waals surface area contributed by atoms with Gasteiger partial charge in [0, 0.05) is 25.9 Å². The highest BCUT2D eigenvalue weighted by molar-refractivity contribution is 5.94. The van der Waals surface area contributed by atoms with Crippen LogP contribution in [-0.4, -0.2) is 28.8 Å². The standard InChI is InChI=1S/C10H16N4O/c1-10(4-5-11-7-10)9(15)12-8-3-6-14(2)13-8/h3,6,11H,4-5,7H2,1-2H3,(H,12,13,15). The largest absolute Gasteiger partial charge is 0.316 e. The van der Waals surface area contributed by atoms with E-state index < -0.39 is 0 Å². The summed E-state index contributed by atoms with van der Waals surface area (Å²) in [5.41, 5.74) is -0.294. The third-order valence-corrected chi connectivity index (χ3v) is 2.87. The highest BCUT2D eigenvalue weighted by Gasteiger charge is 2.36. The average Bonchev–Trinajstić information content (AvgIpc) is 2.76. The molecule has 1 saturated heterocycles. The highest BCUT2D eigenvalue weighted by Crippen LogP contribution is 2.25. The number of rotatable bonds is 2. The van der Waals surface area contributed by atoms with Crippen LogP contribution in [0.15, 0.2) is 12.3 Å². The maximum Gasteiger partial charge on any atom is 0.232 e. The number of hydrogen-bond donors (Lipinski definition) is 2. The summed E-state index contributed by atoms with van der Waals surface area (Å²) in [6.45, 7) is 3.63. The van der Waals surface area contributed by atoms with Crippen molar-refractivity contribution in [2.75, 3.05) is 18.4 Å². The average molecular weight is 208 g/mol. The Morgan fingerprint density at radius 2 is 2.53 bits per heavy atom. The smallest absolute Gasteiger partial charge is 0.232 e. The molecule has 82 valence electrons. The van der Waals surface area contributed by atoms with Crippen LogP contribution in [0.4, 0.5) is 5.82 Å². The SMILES string of the molecule is Cn1ccc(NC(=O)C2(C)CCNC2)n1. The van der Waals surface area contributed by atoms with Gasteiger partial charge < -0.3 is 10.6 Å². The lowest BCUT2D eigenvalue weighted by molar-refractivity contribution is -0.123. The van der Waals surface area contributed by atoms with Crippen LogP contribution < -0.4 is 10.6 Å². The molecule has 1 aromatic rings. The van der Waals surface area contributed by atoms with E-state index in [0.29, 0.717) is 5.82 Å². The van der Waals surface area contributed by atoms with Gasteiger partial charge in [0.05, 0.1) is 5.41 Å². The van der Waals surface area contributed by atoms with Crippen molar-refractivity contribution in [3.63, 3.8) is 0 Å². The quantitative estimate of drug-likeness (QED) is 0.737. The minimum absolute atomic E-state index is 0.0474. The van der Waals surface area contributed by atoms with E-state index in [-0.39, 0.29) is 11.3 Å². The maximum atomic E-state index is 11.9. The van der Waals surface area contributed by atoms with Gasteiger partial charge in [-0.15, -0.1) is 0 Å². The Morgan fingerprint density at radius 1 is 1.73 bits per heavy atom. The van der Waals surface area contributed by atoms with Gasteiger partial charge >= 0.3 is 0 Å². The minimum Gasteiger partial charge on any atom is -0.316 e. The first-order chi connectivity index (χ1) is 7.10. The summed E-state index contributed by atoms with van der Waals surface area (Å²) in [4.78, 5) is 11.9. The number of carbonyl (C=O) groups excluding carboxylic acids is 1. The molecule has 2 N–H and O–H groups in total. The number of aromatic nitrogens is 2. The van der Waals surface area contributed by atoms with Crippen LogP contribution in [0.2, 0.25) is 0 Å². The molecule has 2 heterocycles. The molecule has 1 aliphatic heterocycles. The summed E-state index contributed by atoms with van der Waals surface area (Å²) in [6, 6.07) is 1.80. The molecular formula is C10H16N4O. The van der Waals surface area contributed by atoms with Gasteiger partial charge in [0.25, 0.3) is 0 Å². The first-order valence-electron chi connectivity index (χ1n) is 5.12. The Hall–Kier alpha value is -1.36. The summed E-state index contributed by atoms with van der Waals surface area (Å²) in [6.07, 6.45) is 2.69. The number of hydrogen-bond acceptors (Lipinski definition) is 3. The zero-order valence-corrected chi connectivity index (χ0v) is 9.08. The molecule has 2 rings (SSSR count). The van der Waals surface area contributed by atoms with E-state index in [0.717, 1.165) is 19.5 Å². The van der Waals surface area contributed by atoms with E-state index in [1.165, 1.54) is 0 Å². The molecule has 1 unspecified atom stereocenters. The van der Waals surface area contributed by atoms with Crippen molar-refractivity contribution in [1.82, 2.24) is 15.1 Å². The monoisotopic (exact) mass is 208 g/mol. The predicted molar refractivity (Wildman–Crippen MR) is 57.4 cm³/mol. The molecule has 1 amide bonds. The number of aryl methyl sites for hydroxylation is 1. The van der Waals surface area contributed by atoms with Gasteiger partial charge in [0.15, 0.2) is 5.82 Å². The molecule has 0 radical (unpaired) electrons. The van der Waals surface area contributed by atoms with Crippen LogP contribution in [0.5, 0.6) is 0 Å². The molecule has 5 nitrogen and oxygen atoms in total. The molecule has 0 aliphatic carbocycles. The fourth-order valence-corrected chi connectivity index (χ4v) is 1.76. The molecule has 0 spiro atoms. The van der Waals surface area contributed by atoms with Crippen molar-refractivity contribution in [2.24, 2.45) is 12.5 Å². The second-order valence-corrected chi connectivity index (χ2v) is 4.32. The lowest BCUT2D eigenvalue weighted by atomic mass is 9.89. The van der Waals surface area contributed by atoms with Crippen molar-refractivity contribution in [1.29, 1.82) is 0 Å². The summed E-state index contributed by atoms with van der Waals surface area (Å²) < 4.78 is 1.67. The Balaban J connectivity index is 2.03. The van der Waals surface area contributed by atoms with Crippen LogP contribution in [0.3, 0.4) is 0 Å². The Bertz CT molecular complexity index is 365. The fourth-order valence-electron chi connectivity index (χ4n) is 1.76. The first-order valence-corrected chi connectivity index (χ1v) is 5.12. The molecule has 1 atom stereocenters. The molecule has 1 fully saturated rings. The van der Waals surface area contributed by atoms with Crippen LogP contribution in [0.1, 0.15) is 13.3 Å². The number of carbonyl (C=O) groups is 1. The number of amides is 1. The molecule has 0 saturated carbocycles. The third kappa shape index (κ3) is 2.02. The van der Waals surface area contributed by atoms with Gasteiger partial charge in [0.1, 0.15) is 0 Å². The number of nitrogens with one attached hydrogen (secondary N) is 2. The van der Waals surface area contributed by atoms with Crippen LogP contribution >= 0.6 is 0 Å². The molecule has 15 heavy (non-hydrogen) atoms. The topological polar surface area (TPSA) is 59.0 Å². The lowest BCUT2D eigenvalue weighted by Gasteiger charge is -2.20. The van der Waals surface area contributed by atoms with Crippen molar-refractivity contribution in [3.8, 4) is 0 Å². The van der Waals surface area contributed by atoms with Crippen molar-refractivity contribution >= 4 is 11.7 Å². The minimum atomic E-state index is -0.294. The normalized spacial score (nSPS) is 25.5. The highest BCUT2D eigenvalue weighted by atomic mass is 16.2. The van der Waals surface area contributed by atoms with Crippen molar-refractivity contribution in [3.05, 3.63) is 12.3 Å². The summed E-state index contributed by atoms with van der Waals surface area (Å²) in [5, 5.41) is 10.2. The summed E-state index contributed by atoms with van der Waals surface area (Å²) >= 11 is 0. The second kappa shape index (κ2) is 3.66. The van der Waals surface area contributed by atoms with E-state index >= 15 is 0 Å². The van der Waals surface area contributed by atoms with E-state index in [1.54, 1.807) is 10.7 Å². The molecule has 5 heteroatoms. The van der Waals surface area contributed by atoms with Gasteiger partial charge in [0.2, 0.25) is 5.91 Å². The predicted octanol–water partition coefficient (Wildman–Crippen LogP) is 0.358. The molecular weight excluding hydrogens is 192 g/mol. The molecule has 0 aromatic carbocycles. The zero-order valence-electron chi connectivity index (χ0n) is 9.08. The third-order valence-electron chi connectivity index (χ3n) is 2.87. The number of nitrogens with zero attached hydrogens (tertiary/aromatic N) is 2. The Labute approximate surface area is 88.8 Å². The van der Waals surface area contributed by atoms with E-state index in [4.69, 9.17) is 0 Å². The maximum absolute atomic E-state index is 11.9. The van der Waals surface area contributed by atoms with Crippen LogP contribution in [0, 0.1) is 5.41 Å². The lowest BCUT2D eigenvalue weighted by Crippen LogP contribution is -2.35. The van der Waals surface area contributed by atoms with Crippen molar-refractivity contribution in [2.45, 2.75) is 13.3 Å². The van der Waals surface area contributed by atoms with Crippen LogP contribution in [-0.2, 0) is 11.8 Å². The van der Waals surface area contributed by atoms with Crippen molar-refractivity contribution < 1.29 is 4.79 Å². The van der Waals surface area contributed by atoms with Crippen LogP contribution in [0.25, 0.3) is 0 Å². The van der Waals surface area contributed by atoms with Gasteiger partial charge in [-0.05, 0) is 19.9 Å².